The maximum atomic E-state index is 10.5. The zero-order valence-electron chi connectivity index (χ0n) is 12.7. The molecule has 1 aromatic heterocycles. The highest BCUT2D eigenvalue weighted by Gasteiger charge is 2.31. The number of aliphatic carboxylic acids is 1. The Morgan fingerprint density at radius 1 is 1.29 bits per heavy atom. The minimum atomic E-state index is -0.967. The van der Waals surface area contributed by atoms with Gasteiger partial charge in [-0.1, -0.05) is 26.7 Å². The van der Waals surface area contributed by atoms with Crippen LogP contribution in [0, 0.1) is 5.41 Å². The van der Waals surface area contributed by atoms with Crippen LogP contribution in [0.15, 0.2) is 18.5 Å². The molecular formula is C16H23N3O2. The van der Waals surface area contributed by atoms with Gasteiger partial charge in [-0.2, -0.15) is 0 Å². The van der Waals surface area contributed by atoms with Crippen molar-refractivity contribution in [2.24, 2.45) is 5.41 Å². The van der Waals surface area contributed by atoms with E-state index in [1.54, 1.807) is 12.4 Å². The third-order valence-corrected chi connectivity index (χ3v) is 4.68. The van der Waals surface area contributed by atoms with Crippen LogP contribution in [0.3, 0.4) is 0 Å². The van der Waals surface area contributed by atoms with Crippen LogP contribution in [-0.4, -0.2) is 34.1 Å². The van der Waals surface area contributed by atoms with Gasteiger partial charge in [0.05, 0.1) is 0 Å². The minimum absolute atomic E-state index is 0.487. The van der Waals surface area contributed by atoms with Crippen molar-refractivity contribution in [3.05, 3.63) is 24.0 Å². The van der Waals surface area contributed by atoms with Crippen molar-refractivity contribution in [3.63, 3.8) is 0 Å². The van der Waals surface area contributed by atoms with E-state index in [0.29, 0.717) is 11.0 Å². The van der Waals surface area contributed by atoms with Crippen LogP contribution in [0.4, 0.5) is 5.95 Å². The van der Waals surface area contributed by atoms with Gasteiger partial charge >= 0.3 is 5.97 Å². The molecule has 21 heavy (non-hydrogen) atoms. The second-order valence-corrected chi connectivity index (χ2v) is 5.68. The van der Waals surface area contributed by atoms with Gasteiger partial charge in [0.15, 0.2) is 0 Å². The Labute approximate surface area is 125 Å². The van der Waals surface area contributed by atoms with Crippen molar-refractivity contribution in [2.75, 3.05) is 18.0 Å². The average Bonchev–Trinajstić information content (AvgIpc) is 2.53. The quantitative estimate of drug-likeness (QED) is 0.844. The van der Waals surface area contributed by atoms with Gasteiger partial charge in [0.2, 0.25) is 5.95 Å². The summed E-state index contributed by atoms with van der Waals surface area (Å²) < 4.78 is 0. The molecule has 1 aromatic rings. The predicted molar refractivity (Wildman–Crippen MR) is 83.2 cm³/mol. The zero-order chi connectivity index (χ0) is 15.3. The van der Waals surface area contributed by atoms with Crippen molar-refractivity contribution < 1.29 is 9.90 Å². The number of carboxylic acid groups (broad SMARTS) is 1. The van der Waals surface area contributed by atoms with Crippen molar-refractivity contribution in [3.8, 4) is 0 Å². The summed E-state index contributed by atoms with van der Waals surface area (Å²) in [6.07, 6.45) is 10.8. The first-order chi connectivity index (χ1) is 10.1. The first kappa shape index (κ1) is 15.5. The van der Waals surface area contributed by atoms with E-state index in [1.165, 1.54) is 31.8 Å². The van der Waals surface area contributed by atoms with Crippen LogP contribution in [0.1, 0.15) is 45.1 Å². The minimum Gasteiger partial charge on any atom is -0.478 e. The molecule has 2 rings (SSSR count). The lowest BCUT2D eigenvalue weighted by Gasteiger charge is -2.41. The number of hydrogen-bond acceptors (Lipinski definition) is 4. The SMILES string of the molecule is CCC1(CC)CCN(c2ncc(/C=C/C(=O)O)cn2)CC1. The van der Waals surface area contributed by atoms with Crippen molar-refractivity contribution in [1.82, 2.24) is 9.97 Å². The van der Waals surface area contributed by atoms with Crippen LogP contribution in [0.2, 0.25) is 0 Å². The summed E-state index contributed by atoms with van der Waals surface area (Å²) in [6.45, 7) is 6.54. The molecule has 5 heteroatoms. The molecule has 1 aliphatic heterocycles. The molecule has 114 valence electrons. The molecule has 0 aliphatic carbocycles. The molecular weight excluding hydrogens is 266 g/mol. The lowest BCUT2D eigenvalue weighted by molar-refractivity contribution is -0.131. The number of carboxylic acids is 1. The monoisotopic (exact) mass is 289 g/mol. The van der Waals surface area contributed by atoms with Crippen LogP contribution in [-0.2, 0) is 4.79 Å². The highest BCUT2D eigenvalue weighted by atomic mass is 16.4. The van der Waals surface area contributed by atoms with E-state index in [-0.39, 0.29) is 0 Å². The van der Waals surface area contributed by atoms with Crippen LogP contribution in [0.5, 0.6) is 0 Å². The highest BCUT2D eigenvalue weighted by molar-refractivity contribution is 5.85. The van der Waals surface area contributed by atoms with E-state index in [1.807, 2.05) is 0 Å². The van der Waals surface area contributed by atoms with E-state index in [9.17, 15) is 4.79 Å². The van der Waals surface area contributed by atoms with E-state index >= 15 is 0 Å². The molecule has 0 atom stereocenters. The molecule has 1 N–H and O–H groups in total. The van der Waals surface area contributed by atoms with Gasteiger partial charge < -0.3 is 10.0 Å². The second-order valence-electron chi connectivity index (χ2n) is 5.68. The highest BCUT2D eigenvalue weighted by Crippen LogP contribution is 2.38. The van der Waals surface area contributed by atoms with E-state index in [0.717, 1.165) is 25.1 Å². The van der Waals surface area contributed by atoms with E-state index in [2.05, 4.69) is 28.7 Å². The van der Waals surface area contributed by atoms with Gasteiger partial charge in [0.25, 0.3) is 0 Å². The van der Waals surface area contributed by atoms with Gasteiger partial charge in [-0.3, -0.25) is 0 Å². The van der Waals surface area contributed by atoms with Gasteiger partial charge in [-0.15, -0.1) is 0 Å². The number of anilines is 1. The number of rotatable bonds is 5. The third-order valence-electron chi connectivity index (χ3n) is 4.68. The lowest BCUT2D eigenvalue weighted by atomic mass is 9.74. The molecule has 0 radical (unpaired) electrons. The third kappa shape index (κ3) is 3.80. The topological polar surface area (TPSA) is 66.3 Å². The first-order valence-electron chi connectivity index (χ1n) is 7.56. The zero-order valence-corrected chi connectivity index (χ0v) is 12.7. The Balaban J connectivity index is 1.99. The molecule has 0 saturated carbocycles. The Kier molecular flexibility index (Phi) is 4.94. The maximum Gasteiger partial charge on any atom is 0.328 e. The molecule has 5 nitrogen and oxygen atoms in total. The Hall–Kier alpha value is -1.91. The Morgan fingerprint density at radius 3 is 2.33 bits per heavy atom. The van der Waals surface area contributed by atoms with Gasteiger partial charge in [-0.05, 0) is 24.3 Å². The molecule has 2 heterocycles. The molecule has 1 fully saturated rings. The summed E-state index contributed by atoms with van der Waals surface area (Å²) in [5, 5.41) is 8.59. The summed E-state index contributed by atoms with van der Waals surface area (Å²) in [5.41, 5.74) is 1.19. The number of aromatic nitrogens is 2. The van der Waals surface area contributed by atoms with Gasteiger partial charge in [0.1, 0.15) is 0 Å². The average molecular weight is 289 g/mol. The molecule has 0 unspecified atom stereocenters. The number of hydrogen-bond donors (Lipinski definition) is 1. The molecule has 0 aromatic carbocycles. The van der Waals surface area contributed by atoms with Gasteiger partial charge in [-0.25, -0.2) is 14.8 Å². The second kappa shape index (κ2) is 6.70. The fourth-order valence-corrected chi connectivity index (χ4v) is 2.89. The van der Waals surface area contributed by atoms with E-state index in [4.69, 9.17) is 5.11 Å². The largest absolute Gasteiger partial charge is 0.478 e. The smallest absolute Gasteiger partial charge is 0.328 e. The molecule has 0 spiro atoms. The standard InChI is InChI=1S/C16H23N3O2/c1-3-16(4-2)7-9-19(10-8-16)15-17-11-13(12-18-15)5-6-14(20)21/h5-6,11-12H,3-4,7-10H2,1-2H3,(H,20,21)/b6-5+. The predicted octanol–water partition coefficient (Wildman–Crippen LogP) is 2.98. The van der Waals surface area contributed by atoms with Crippen molar-refractivity contribution in [1.29, 1.82) is 0 Å². The number of carbonyl (C=O) groups is 1. The Bertz CT molecular complexity index is 497. The molecule has 1 aliphatic rings. The maximum absolute atomic E-state index is 10.5. The summed E-state index contributed by atoms with van der Waals surface area (Å²) in [6, 6.07) is 0. The van der Waals surface area contributed by atoms with Crippen molar-refractivity contribution >= 4 is 18.0 Å². The first-order valence-corrected chi connectivity index (χ1v) is 7.56. The van der Waals surface area contributed by atoms with Crippen LogP contribution >= 0.6 is 0 Å². The fourth-order valence-electron chi connectivity index (χ4n) is 2.89. The number of piperidine rings is 1. The van der Waals surface area contributed by atoms with Gasteiger partial charge in [0, 0.05) is 37.1 Å². The van der Waals surface area contributed by atoms with E-state index < -0.39 is 5.97 Å². The van der Waals surface area contributed by atoms with Crippen LogP contribution in [0.25, 0.3) is 6.08 Å². The lowest BCUT2D eigenvalue weighted by Crippen LogP contribution is -2.40. The summed E-state index contributed by atoms with van der Waals surface area (Å²) >= 11 is 0. The normalized spacial score (nSPS) is 18.1. The fraction of sp³-hybridized carbons (Fsp3) is 0.562. The summed E-state index contributed by atoms with van der Waals surface area (Å²) in [7, 11) is 0. The molecule has 1 saturated heterocycles. The molecule has 0 bridgehead atoms. The van der Waals surface area contributed by atoms with Crippen LogP contribution < -0.4 is 4.90 Å². The summed E-state index contributed by atoms with van der Waals surface area (Å²) in [5.74, 6) is -0.228. The number of nitrogens with zero attached hydrogens (tertiary/aromatic N) is 3. The molecule has 0 amide bonds. The summed E-state index contributed by atoms with van der Waals surface area (Å²) in [4.78, 5) is 21.4. The van der Waals surface area contributed by atoms with Crippen molar-refractivity contribution in [2.45, 2.75) is 39.5 Å². The Morgan fingerprint density at radius 2 is 1.86 bits per heavy atom.